The SMILES string of the molecule is c1nc2cc3c(cc2[nH]1)CCNCC3. The molecule has 0 atom stereocenters. The first kappa shape index (κ1) is 8.00. The third kappa shape index (κ3) is 1.21. The Hall–Kier alpha value is -1.35. The molecular formula is C11H13N3. The van der Waals surface area contributed by atoms with Crippen molar-refractivity contribution in [2.75, 3.05) is 13.1 Å². The summed E-state index contributed by atoms with van der Waals surface area (Å²) in [6.45, 7) is 2.18. The van der Waals surface area contributed by atoms with Crippen molar-refractivity contribution in [1.82, 2.24) is 15.3 Å². The van der Waals surface area contributed by atoms with E-state index in [0.717, 1.165) is 37.0 Å². The Balaban J connectivity index is 2.19. The van der Waals surface area contributed by atoms with Crippen LogP contribution in [0, 0.1) is 0 Å². The molecule has 1 aliphatic heterocycles. The second kappa shape index (κ2) is 3.10. The first-order valence-corrected chi connectivity index (χ1v) is 5.09. The van der Waals surface area contributed by atoms with Gasteiger partial charge in [0.1, 0.15) is 0 Å². The van der Waals surface area contributed by atoms with Crippen LogP contribution < -0.4 is 5.32 Å². The summed E-state index contributed by atoms with van der Waals surface area (Å²) in [6, 6.07) is 4.46. The van der Waals surface area contributed by atoms with E-state index in [9.17, 15) is 0 Å². The van der Waals surface area contributed by atoms with E-state index in [4.69, 9.17) is 0 Å². The van der Waals surface area contributed by atoms with Crippen molar-refractivity contribution < 1.29 is 0 Å². The zero-order valence-electron chi connectivity index (χ0n) is 8.01. The van der Waals surface area contributed by atoms with Crippen LogP contribution in [0.1, 0.15) is 11.1 Å². The van der Waals surface area contributed by atoms with Crippen molar-refractivity contribution >= 4 is 11.0 Å². The van der Waals surface area contributed by atoms with Gasteiger partial charge in [-0.25, -0.2) is 4.98 Å². The van der Waals surface area contributed by atoms with E-state index in [1.54, 1.807) is 6.33 Å². The molecule has 0 saturated carbocycles. The Kier molecular flexibility index (Phi) is 1.77. The first-order valence-electron chi connectivity index (χ1n) is 5.09. The lowest BCUT2D eigenvalue weighted by Gasteiger charge is -2.03. The van der Waals surface area contributed by atoms with Crippen LogP contribution in [0.25, 0.3) is 11.0 Å². The minimum Gasteiger partial charge on any atom is -0.345 e. The molecule has 3 nitrogen and oxygen atoms in total. The van der Waals surface area contributed by atoms with Gasteiger partial charge in [-0.1, -0.05) is 0 Å². The zero-order chi connectivity index (χ0) is 9.38. The van der Waals surface area contributed by atoms with Crippen LogP contribution in [0.4, 0.5) is 0 Å². The first-order chi connectivity index (χ1) is 6.93. The van der Waals surface area contributed by atoms with Crippen LogP contribution in [0.3, 0.4) is 0 Å². The van der Waals surface area contributed by atoms with Crippen molar-refractivity contribution in [2.24, 2.45) is 0 Å². The highest BCUT2D eigenvalue weighted by Crippen LogP contribution is 2.19. The van der Waals surface area contributed by atoms with E-state index in [0.29, 0.717) is 0 Å². The molecule has 0 aliphatic carbocycles. The predicted molar refractivity (Wildman–Crippen MR) is 56.4 cm³/mol. The molecule has 3 rings (SSSR count). The standard InChI is InChI=1S/C11H13N3/c1-3-12-4-2-9-6-11-10(5-8(1)9)13-7-14-11/h5-7,12H,1-4H2,(H,13,14). The number of aromatic amines is 1. The Morgan fingerprint density at radius 1 is 1.07 bits per heavy atom. The molecule has 72 valence electrons. The number of imidazole rings is 1. The Labute approximate surface area is 82.5 Å². The summed E-state index contributed by atoms with van der Waals surface area (Å²) < 4.78 is 0. The summed E-state index contributed by atoms with van der Waals surface area (Å²) >= 11 is 0. The number of hydrogen-bond acceptors (Lipinski definition) is 2. The number of hydrogen-bond donors (Lipinski definition) is 2. The molecule has 1 aromatic carbocycles. The van der Waals surface area contributed by atoms with Gasteiger partial charge in [-0.15, -0.1) is 0 Å². The fourth-order valence-electron chi connectivity index (χ4n) is 2.11. The quantitative estimate of drug-likeness (QED) is 0.651. The predicted octanol–water partition coefficient (Wildman–Crippen LogP) is 1.25. The van der Waals surface area contributed by atoms with E-state index >= 15 is 0 Å². The summed E-state index contributed by atoms with van der Waals surface area (Å²) in [7, 11) is 0. The molecule has 0 spiro atoms. The molecule has 2 N–H and O–H groups in total. The van der Waals surface area contributed by atoms with E-state index in [-0.39, 0.29) is 0 Å². The number of nitrogens with zero attached hydrogens (tertiary/aromatic N) is 1. The molecular weight excluding hydrogens is 174 g/mol. The maximum atomic E-state index is 4.28. The minimum absolute atomic E-state index is 1.09. The van der Waals surface area contributed by atoms with E-state index in [1.807, 2.05) is 0 Å². The van der Waals surface area contributed by atoms with Crippen LogP contribution in [-0.4, -0.2) is 23.1 Å². The van der Waals surface area contributed by atoms with Crippen molar-refractivity contribution in [3.63, 3.8) is 0 Å². The summed E-state index contributed by atoms with van der Waals surface area (Å²) in [5.41, 5.74) is 5.16. The molecule has 0 amide bonds. The summed E-state index contributed by atoms with van der Waals surface area (Å²) in [6.07, 6.45) is 4.02. The monoisotopic (exact) mass is 187 g/mol. The number of benzene rings is 1. The zero-order valence-corrected chi connectivity index (χ0v) is 8.01. The maximum absolute atomic E-state index is 4.28. The van der Waals surface area contributed by atoms with Gasteiger partial charge >= 0.3 is 0 Å². The topological polar surface area (TPSA) is 40.7 Å². The van der Waals surface area contributed by atoms with E-state index in [1.165, 1.54) is 11.1 Å². The van der Waals surface area contributed by atoms with Crippen LogP contribution in [0.5, 0.6) is 0 Å². The minimum atomic E-state index is 1.09. The largest absolute Gasteiger partial charge is 0.345 e. The van der Waals surface area contributed by atoms with Gasteiger partial charge in [-0.05, 0) is 49.2 Å². The summed E-state index contributed by atoms with van der Waals surface area (Å²) in [5, 5.41) is 3.41. The lowest BCUT2D eigenvalue weighted by atomic mass is 10.0. The van der Waals surface area contributed by atoms with Crippen molar-refractivity contribution in [1.29, 1.82) is 0 Å². The molecule has 1 aliphatic rings. The van der Waals surface area contributed by atoms with Crippen LogP contribution in [0.2, 0.25) is 0 Å². The van der Waals surface area contributed by atoms with Gasteiger partial charge in [-0.3, -0.25) is 0 Å². The molecule has 14 heavy (non-hydrogen) atoms. The van der Waals surface area contributed by atoms with Gasteiger partial charge in [0.25, 0.3) is 0 Å². The third-order valence-electron chi connectivity index (χ3n) is 2.88. The normalized spacial score (nSPS) is 16.6. The molecule has 1 aromatic heterocycles. The fraction of sp³-hybridized carbons (Fsp3) is 0.364. The second-order valence-electron chi connectivity index (χ2n) is 3.79. The van der Waals surface area contributed by atoms with Gasteiger partial charge in [-0.2, -0.15) is 0 Å². The van der Waals surface area contributed by atoms with Crippen LogP contribution in [0.15, 0.2) is 18.5 Å². The highest BCUT2D eigenvalue weighted by atomic mass is 14.9. The Morgan fingerprint density at radius 3 is 2.71 bits per heavy atom. The molecule has 0 bridgehead atoms. The lowest BCUT2D eigenvalue weighted by molar-refractivity contribution is 0.711. The average molecular weight is 187 g/mol. The van der Waals surface area contributed by atoms with Crippen molar-refractivity contribution in [3.8, 4) is 0 Å². The number of rotatable bonds is 0. The molecule has 0 unspecified atom stereocenters. The Morgan fingerprint density at radius 2 is 1.86 bits per heavy atom. The van der Waals surface area contributed by atoms with Gasteiger partial charge < -0.3 is 10.3 Å². The van der Waals surface area contributed by atoms with Gasteiger partial charge in [0.2, 0.25) is 0 Å². The highest BCUT2D eigenvalue weighted by Gasteiger charge is 2.09. The van der Waals surface area contributed by atoms with Gasteiger partial charge in [0, 0.05) is 0 Å². The molecule has 3 heteroatoms. The number of H-pyrrole nitrogens is 1. The molecule has 2 aromatic rings. The van der Waals surface area contributed by atoms with E-state index in [2.05, 4.69) is 27.4 Å². The van der Waals surface area contributed by atoms with Crippen molar-refractivity contribution in [3.05, 3.63) is 29.6 Å². The smallest absolute Gasteiger partial charge is 0.0931 e. The molecule has 2 heterocycles. The summed E-state index contributed by atoms with van der Waals surface area (Å²) in [5.74, 6) is 0. The number of nitrogens with one attached hydrogen (secondary N) is 2. The lowest BCUT2D eigenvalue weighted by Crippen LogP contribution is -2.16. The summed E-state index contributed by atoms with van der Waals surface area (Å²) in [4.78, 5) is 7.44. The molecule has 0 saturated heterocycles. The van der Waals surface area contributed by atoms with Crippen LogP contribution >= 0.6 is 0 Å². The third-order valence-corrected chi connectivity index (χ3v) is 2.88. The molecule has 0 radical (unpaired) electrons. The van der Waals surface area contributed by atoms with Crippen LogP contribution in [-0.2, 0) is 12.8 Å². The van der Waals surface area contributed by atoms with Crippen molar-refractivity contribution in [2.45, 2.75) is 12.8 Å². The number of aromatic nitrogens is 2. The molecule has 0 fully saturated rings. The van der Waals surface area contributed by atoms with Gasteiger partial charge in [0.05, 0.1) is 17.4 Å². The number of fused-ring (bicyclic) bond motifs is 2. The highest BCUT2D eigenvalue weighted by molar-refractivity contribution is 5.76. The van der Waals surface area contributed by atoms with E-state index < -0.39 is 0 Å². The second-order valence-corrected chi connectivity index (χ2v) is 3.79. The average Bonchev–Trinajstić information content (AvgIpc) is 2.51. The fourth-order valence-corrected chi connectivity index (χ4v) is 2.11. The van der Waals surface area contributed by atoms with Gasteiger partial charge in [0.15, 0.2) is 0 Å². The maximum Gasteiger partial charge on any atom is 0.0931 e. The Bertz CT molecular complexity index is 419.